The lowest BCUT2D eigenvalue weighted by molar-refractivity contribution is 0.669. The first-order valence-corrected chi connectivity index (χ1v) is 19.8. The first-order chi connectivity index (χ1) is 28.8. The Morgan fingerprint density at radius 3 is 1.76 bits per heavy atom. The van der Waals surface area contributed by atoms with Crippen LogP contribution in [0.1, 0.15) is 0 Å². The van der Waals surface area contributed by atoms with Crippen LogP contribution in [0.4, 0.5) is 17.1 Å². The maximum absolute atomic E-state index is 6.33. The monoisotopic (exact) mass is 739 g/mol. The zero-order valence-electron chi connectivity index (χ0n) is 31.7. The molecule has 0 bridgehead atoms. The number of nitrogens with zero attached hydrogens (tertiary/aromatic N) is 1. The van der Waals surface area contributed by atoms with Gasteiger partial charge < -0.3 is 9.32 Å². The second kappa shape index (κ2) is 14.1. The molecule has 0 saturated carbocycles. The molecule has 2 heteroatoms. The van der Waals surface area contributed by atoms with Crippen molar-refractivity contribution < 1.29 is 4.42 Å². The predicted molar refractivity (Wildman–Crippen MR) is 245 cm³/mol. The van der Waals surface area contributed by atoms with Crippen LogP contribution in [-0.2, 0) is 0 Å². The normalized spacial score (nSPS) is 11.4. The maximum Gasteiger partial charge on any atom is 0.136 e. The predicted octanol–water partition coefficient (Wildman–Crippen LogP) is 16.0. The van der Waals surface area contributed by atoms with Crippen LogP contribution in [-0.4, -0.2) is 0 Å². The van der Waals surface area contributed by atoms with Crippen molar-refractivity contribution in [2.45, 2.75) is 0 Å². The summed E-state index contributed by atoms with van der Waals surface area (Å²) < 4.78 is 6.33. The van der Waals surface area contributed by atoms with Crippen molar-refractivity contribution in [2.75, 3.05) is 4.90 Å². The molecule has 0 aliphatic rings. The van der Waals surface area contributed by atoms with Gasteiger partial charge in [-0.1, -0.05) is 176 Å². The Balaban J connectivity index is 1.11. The van der Waals surface area contributed by atoms with E-state index in [1.54, 1.807) is 0 Å². The molecular weight excluding hydrogens is 703 g/mol. The van der Waals surface area contributed by atoms with E-state index in [1.165, 1.54) is 49.4 Å². The van der Waals surface area contributed by atoms with E-state index in [1.807, 2.05) is 12.1 Å². The Bertz CT molecular complexity index is 3280. The SMILES string of the molecule is c1ccc(-c2cccc3cccc(-c4ccccc4N(c4ccc(-c5ccc6ccccc6c5)cc4)c4cccc(-c5cccc6oc7ccccc7c56)c4)c23)cc1. The summed E-state index contributed by atoms with van der Waals surface area (Å²) in [5.41, 5.74) is 14.4. The molecule has 0 saturated heterocycles. The maximum atomic E-state index is 6.33. The average Bonchev–Trinajstić information content (AvgIpc) is 3.69. The molecule has 1 heterocycles. The number of benzene rings is 10. The number of anilines is 3. The fraction of sp³-hybridized carbons (Fsp3) is 0. The van der Waals surface area contributed by atoms with Gasteiger partial charge in [-0.15, -0.1) is 0 Å². The van der Waals surface area contributed by atoms with Gasteiger partial charge in [0.2, 0.25) is 0 Å². The van der Waals surface area contributed by atoms with Gasteiger partial charge in [0, 0.05) is 27.7 Å². The van der Waals surface area contributed by atoms with Crippen molar-refractivity contribution >= 4 is 60.5 Å². The number of para-hydroxylation sites is 2. The van der Waals surface area contributed by atoms with Gasteiger partial charge in [-0.2, -0.15) is 0 Å². The van der Waals surface area contributed by atoms with Gasteiger partial charge in [0.25, 0.3) is 0 Å². The van der Waals surface area contributed by atoms with Crippen LogP contribution in [0.3, 0.4) is 0 Å². The largest absolute Gasteiger partial charge is 0.456 e. The first-order valence-electron chi connectivity index (χ1n) is 19.8. The highest BCUT2D eigenvalue weighted by molar-refractivity contribution is 6.13. The molecule has 0 aliphatic carbocycles. The summed E-state index contributed by atoms with van der Waals surface area (Å²) in [5.74, 6) is 0. The smallest absolute Gasteiger partial charge is 0.136 e. The van der Waals surface area contributed by atoms with Crippen LogP contribution in [0.5, 0.6) is 0 Å². The summed E-state index contributed by atoms with van der Waals surface area (Å²) in [6.45, 7) is 0. The van der Waals surface area contributed by atoms with Gasteiger partial charge in [-0.3, -0.25) is 0 Å². The molecule has 272 valence electrons. The highest BCUT2D eigenvalue weighted by Gasteiger charge is 2.21. The Kier molecular flexibility index (Phi) is 8.19. The van der Waals surface area contributed by atoms with Crippen LogP contribution in [0.2, 0.25) is 0 Å². The van der Waals surface area contributed by atoms with E-state index in [4.69, 9.17) is 4.42 Å². The van der Waals surface area contributed by atoms with Crippen molar-refractivity contribution in [3.8, 4) is 44.5 Å². The van der Waals surface area contributed by atoms with Gasteiger partial charge in [-0.05, 0) is 109 Å². The van der Waals surface area contributed by atoms with E-state index in [0.717, 1.165) is 55.7 Å². The lowest BCUT2D eigenvalue weighted by Gasteiger charge is -2.29. The zero-order chi connectivity index (χ0) is 38.4. The molecule has 11 aromatic rings. The van der Waals surface area contributed by atoms with Crippen LogP contribution in [0.25, 0.3) is 88.0 Å². The highest BCUT2D eigenvalue weighted by atomic mass is 16.3. The average molecular weight is 740 g/mol. The Hall–Kier alpha value is -7.68. The minimum Gasteiger partial charge on any atom is -0.456 e. The molecule has 10 aromatic carbocycles. The summed E-state index contributed by atoms with van der Waals surface area (Å²) in [5, 5.41) is 7.18. The van der Waals surface area contributed by atoms with Crippen LogP contribution < -0.4 is 4.90 Å². The van der Waals surface area contributed by atoms with E-state index < -0.39 is 0 Å². The topological polar surface area (TPSA) is 16.4 Å². The zero-order valence-corrected chi connectivity index (χ0v) is 31.7. The summed E-state index contributed by atoms with van der Waals surface area (Å²) in [6.07, 6.45) is 0. The molecule has 2 nitrogen and oxygen atoms in total. The van der Waals surface area contributed by atoms with Crippen molar-refractivity contribution in [1.29, 1.82) is 0 Å². The first kappa shape index (κ1) is 33.6. The molecule has 11 rings (SSSR count). The molecule has 58 heavy (non-hydrogen) atoms. The number of furan rings is 1. The van der Waals surface area contributed by atoms with Crippen LogP contribution >= 0.6 is 0 Å². The third-order valence-corrected chi connectivity index (χ3v) is 11.5. The van der Waals surface area contributed by atoms with Crippen molar-refractivity contribution in [1.82, 2.24) is 0 Å². The lowest BCUT2D eigenvalue weighted by Crippen LogP contribution is -2.11. The summed E-state index contributed by atoms with van der Waals surface area (Å²) in [4.78, 5) is 2.42. The fourth-order valence-corrected chi connectivity index (χ4v) is 8.75. The van der Waals surface area contributed by atoms with E-state index in [0.29, 0.717) is 0 Å². The molecule has 0 N–H and O–H groups in total. The standard InChI is InChI=1S/C56H37NO/c1-2-15-40(16-3-1)47-24-11-18-41-19-12-26-50(55(41)47)49-22-6-8-27-52(49)57(45-34-32-39(33-35-45)43-31-30-38-14-4-5-17-42(38)36-43)46-21-10-20-44(37-46)48-25-13-29-54-56(48)51-23-7-9-28-53(51)58-54/h1-37H. The molecule has 0 amide bonds. The Labute approximate surface area is 337 Å². The van der Waals surface area contributed by atoms with Crippen molar-refractivity contribution in [3.63, 3.8) is 0 Å². The molecule has 0 aliphatic heterocycles. The second-order valence-electron chi connectivity index (χ2n) is 14.9. The fourth-order valence-electron chi connectivity index (χ4n) is 8.75. The van der Waals surface area contributed by atoms with Gasteiger partial charge >= 0.3 is 0 Å². The van der Waals surface area contributed by atoms with Crippen molar-refractivity contribution in [3.05, 3.63) is 224 Å². The molecule has 0 atom stereocenters. The summed E-state index contributed by atoms with van der Waals surface area (Å²) >= 11 is 0. The van der Waals surface area contributed by atoms with Crippen LogP contribution in [0.15, 0.2) is 229 Å². The molecule has 0 radical (unpaired) electrons. The molecule has 0 unspecified atom stereocenters. The number of fused-ring (bicyclic) bond motifs is 5. The number of rotatable bonds is 7. The van der Waals surface area contributed by atoms with E-state index in [-0.39, 0.29) is 0 Å². The van der Waals surface area contributed by atoms with Gasteiger partial charge in [0.15, 0.2) is 0 Å². The Morgan fingerprint density at radius 2 is 0.897 bits per heavy atom. The quantitative estimate of drug-likeness (QED) is 0.162. The van der Waals surface area contributed by atoms with Crippen LogP contribution in [0, 0.1) is 0 Å². The molecular formula is C56H37NO. The van der Waals surface area contributed by atoms with Gasteiger partial charge in [0.05, 0.1) is 5.69 Å². The minimum atomic E-state index is 0.890. The van der Waals surface area contributed by atoms with E-state index in [2.05, 4.69) is 217 Å². The lowest BCUT2D eigenvalue weighted by atomic mass is 9.90. The second-order valence-corrected chi connectivity index (χ2v) is 14.9. The third-order valence-electron chi connectivity index (χ3n) is 11.5. The highest BCUT2D eigenvalue weighted by Crippen LogP contribution is 2.46. The number of hydrogen-bond acceptors (Lipinski definition) is 2. The molecule has 0 fully saturated rings. The Morgan fingerprint density at radius 1 is 0.293 bits per heavy atom. The number of hydrogen-bond donors (Lipinski definition) is 0. The summed E-state index contributed by atoms with van der Waals surface area (Å²) in [6, 6.07) is 80.8. The third kappa shape index (κ3) is 5.82. The van der Waals surface area contributed by atoms with E-state index >= 15 is 0 Å². The van der Waals surface area contributed by atoms with Gasteiger partial charge in [-0.25, -0.2) is 0 Å². The summed E-state index contributed by atoms with van der Waals surface area (Å²) in [7, 11) is 0. The minimum absolute atomic E-state index is 0.890. The molecule has 0 spiro atoms. The van der Waals surface area contributed by atoms with E-state index in [9.17, 15) is 0 Å². The molecule has 1 aromatic heterocycles. The van der Waals surface area contributed by atoms with Gasteiger partial charge in [0.1, 0.15) is 11.2 Å². The van der Waals surface area contributed by atoms with Crippen molar-refractivity contribution in [2.24, 2.45) is 0 Å².